The van der Waals surface area contributed by atoms with E-state index in [2.05, 4.69) is 0 Å². The molecule has 0 spiro atoms. The van der Waals surface area contributed by atoms with Crippen LogP contribution >= 0.6 is 0 Å². The van der Waals surface area contributed by atoms with Crippen molar-refractivity contribution in [3.05, 3.63) is 88.0 Å². The molecule has 0 heterocycles. The fourth-order valence-electron chi connectivity index (χ4n) is 4.04. The van der Waals surface area contributed by atoms with Crippen molar-refractivity contribution in [3.63, 3.8) is 0 Å². The zero-order valence-corrected chi connectivity index (χ0v) is 27.2. The summed E-state index contributed by atoms with van der Waals surface area (Å²) in [6.07, 6.45) is 0. The van der Waals surface area contributed by atoms with Crippen LogP contribution in [0.4, 0.5) is 0 Å². The van der Waals surface area contributed by atoms with Crippen molar-refractivity contribution in [2.75, 3.05) is 0 Å². The lowest BCUT2D eigenvalue weighted by Crippen LogP contribution is -2.35. The monoisotopic (exact) mass is 606 g/mol. The summed E-state index contributed by atoms with van der Waals surface area (Å²) in [5, 5.41) is 31.6. The maximum Gasteiger partial charge on any atom is 1.20 e. The maximum atomic E-state index is 13.1. The number of carbonyl (C=O) groups excluding carboxylic acids is 3. The zero-order chi connectivity index (χ0) is 32.5. The summed E-state index contributed by atoms with van der Waals surface area (Å²) in [5.41, 5.74) is 0.670. The molecule has 0 aliphatic heterocycles. The van der Waals surface area contributed by atoms with E-state index in [4.69, 9.17) is 11.4 Å². The van der Waals surface area contributed by atoms with Crippen LogP contribution in [0, 0.1) is 0 Å². The molecule has 9 nitrogen and oxygen atoms in total. The van der Waals surface area contributed by atoms with Gasteiger partial charge < -0.3 is 26.7 Å². The van der Waals surface area contributed by atoms with Gasteiger partial charge in [-0.25, -0.2) is 14.4 Å². The highest BCUT2D eigenvalue weighted by Crippen LogP contribution is 2.31. The molecule has 43 heavy (non-hydrogen) atoms. The highest BCUT2D eigenvalue weighted by molar-refractivity contribution is 6.46. The Kier molecular flexibility index (Phi) is 9.59. The van der Waals surface area contributed by atoms with Gasteiger partial charge >= 0.3 is 33.1 Å². The first-order valence-corrected chi connectivity index (χ1v) is 15.2. The van der Waals surface area contributed by atoms with E-state index in [0.717, 1.165) is 16.7 Å². The predicted molar refractivity (Wildman–Crippen MR) is 162 cm³/mol. The molecular weight excluding hydrogens is 567 g/mol. The van der Waals surface area contributed by atoms with Crippen LogP contribution in [0.2, 0.25) is 0 Å². The summed E-state index contributed by atoms with van der Waals surface area (Å²) in [5.74, 6) is -4.37. The average Bonchev–Trinajstić information content (AvgIpc) is 2.86. The number of phenols is 3. The Bertz CT molecular complexity index is 1360. The van der Waals surface area contributed by atoms with Crippen LogP contribution < -0.4 is 0 Å². The quantitative estimate of drug-likeness (QED) is 0.267. The molecule has 0 aliphatic carbocycles. The number of aromatic hydroxyl groups is 3. The van der Waals surface area contributed by atoms with Gasteiger partial charge in [-0.05, 0) is 69.3 Å². The summed E-state index contributed by atoms with van der Waals surface area (Å²) in [4.78, 5) is 39.3. The highest BCUT2D eigenvalue weighted by atomic mass is 27.3. The Labute approximate surface area is 257 Å². The Balaban J connectivity index is 1.93. The van der Waals surface area contributed by atoms with Gasteiger partial charge in [0.25, 0.3) is 0 Å². The van der Waals surface area contributed by atoms with Gasteiger partial charge in [0.05, 0.1) is 16.7 Å². The maximum absolute atomic E-state index is 13.1. The Morgan fingerprint density at radius 1 is 0.488 bits per heavy atom. The minimum Gasteiger partial charge on any atom is -0.547 e. The largest absolute Gasteiger partial charge is 1.20 e. The molecule has 0 aliphatic rings. The molecule has 0 aromatic heterocycles. The van der Waals surface area contributed by atoms with E-state index >= 15 is 0 Å². The SMILES string of the molecule is CC(C)(C)c1ccc(C(=O)[O][Al]([O]C(=O)c2ccc(C(C)(C)C)cc2O)[O]C(=O)c2ccc(C(C)(C)C)cc2O)c(O)c1. The molecule has 228 valence electrons. The molecule has 3 aromatic rings. The van der Waals surface area contributed by atoms with Crippen LogP contribution in [0.1, 0.15) is 110 Å². The molecule has 0 saturated carbocycles. The van der Waals surface area contributed by atoms with E-state index in [1.165, 1.54) is 36.4 Å². The number of benzene rings is 3. The van der Waals surface area contributed by atoms with Crippen molar-refractivity contribution >= 4 is 33.1 Å². The second kappa shape index (κ2) is 12.3. The Hall–Kier alpha value is -4.00. The van der Waals surface area contributed by atoms with Crippen LogP contribution in [0.15, 0.2) is 54.6 Å². The first-order valence-electron chi connectivity index (χ1n) is 13.8. The van der Waals surface area contributed by atoms with Crippen molar-refractivity contribution in [1.82, 2.24) is 0 Å². The normalized spacial score (nSPS) is 11.9. The average molecular weight is 607 g/mol. The van der Waals surface area contributed by atoms with Crippen LogP contribution in [-0.4, -0.2) is 48.4 Å². The van der Waals surface area contributed by atoms with Crippen LogP contribution in [0.5, 0.6) is 17.2 Å². The standard InChI is InChI=1S/3C11H14O3.Al/c3*1-11(2,3)7-4-5-8(10(13)14)9(12)6-7;/h3*4-6,12H,1-3H3,(H,13,14);/q;;;+3/p-3. The molecule has 3 rings (SSSR count). The fourth-order valence-corrected chi connectivity index (χ4v) is 5.09. The van der Waals surface area contributed by atoms with Crippen molar-refractivity contribution in [3.8, 4) is 17.2 Å². The second-order valence-electron chi connectivity index (χ2n) is 13.5. The third-order valence-electron chi connectivity index (χ3n) is 6.86. The third kappa shape index (κ3) is 8.31. The molecular formula is C33H39AlO9. The van der Waals surface area contributed by atoms with Gasteiger partial charge in [-0.3, -0.25) is 0 Å². The van der Waals surface area contributed by atoms with E-state index in [-0.39, 0.29) is 50.2 Å². The number of rotatable bonds is 6. The molecule has 0 unspecified atom stereocenters. The minimum atomic E-state index is -4.00. The summed E-state index contributed by atoms with van der Waals surface area (Å²) in [6.45, 7) is 17.5. The molecule has 10 heteroatoms. The van der Waals surface area contributed by atoms with E-state index < -0.39 is 33.1 Å². The number of carbonyl (C=O) groups is 3. The number of hydrogen-bond donors (Lipinski definition) is 3. The predicted octanol–water partition coefficient (Wildman–Crippen LogP) is 6.55. The summed E-state index contributed by atoms with van der Waals surface area (Å²) in [6, 6.07) is 13.3. The Morgan fingerprint density at radius 2 is 0.721 bits per heavy atom. The molecule has 0 bridgehead atoms. The molecule has 0 radical (unpaired) electrons. The van der Waals surface area contributed by atoms with Gasteiger partial charge in [-0.1, -0.05) is 80.5 Å². The van der Waals surface area contributed by atoms with E-state index in [1.807, 2.05) is 62.3 Å². The number of phenolic OH excluding ortho intramolecular Hbond substituents is 3. The first-order chi connectivity index (χ1) is 19.7. The van der Waals surface area contributed by atoms with Crippen LogP contribution in [-0.2, 0) is 27.6 Å². The van der Waals surface area contributed by atoms with Crippen LogP contribution in [0.3, 0.4) is 0 Å². The van der Waals surface area contributed by atoms with Crippen molar-refractivity contribution in [1.29, 1.82) is 0 Å². The molecule has 0 fully saturated rings. The molecule has 0 amide bonds. The second-order valence-corrected chi connectivity index (χ2v) is 14.7. The lowest BCUT2D eigenvalue weighted by atomic mass is 9.86. The summed E-state index contributed by atoms with van der Waals surface area (Å²) >= 11 is -4.00. The minimum absolute atomic E-state index is 0.229. The lowest BCUT2D eigenvalue weighted by molar-refractivity contribution is 0.0407. The molecule has 0 atom stereocenters. The molecule has 3 N–H and O–H groups in total. The van der Waals surface area contributed by atoms with Crippen molar-refractivity contribution in [2.45, 2.75) is 78.6 Å². The van der Waals surface area contributed by atoms with Gasteiger partial charge in [-0.15, -0.1) is 0 Å². The first kappa shape index (κ1) is 33.5. The third-order valence-corrected chi connectivity index (χ3v) is 8.08. The topological polar surface area (TPSA) is 140 Å². The van der Waals surface area contributed by atoms with Gasteiger partial charge in [-0.2, -0.15) is 0 Å². The van der Waals surface area contributed by atoms with Gasteiger partial charge in [0.1, 0.15) is 17.2 Å². The van der Waals surface area contributed by atoms with E-state index in [0.29, 0.717) is 0 Å². The zero-order valence-electron chi connectivity index (χ0n) is 26.1. The smallest absolute Gasteiger partial charge is 0.547 e. The van der Waals surface area contributed by atoms with Crippen LogP contribution in [0.25, 0.3) is 0 Å². The van der Waals surface area contributed by atoms with Crippen molar-refractivity contribution < 1.29 is 41.1 Å². The van der Waals surface area contributed by atoms with Crippen molar-refractivity contribution in [2.24, 2.45) is 0 Å². The van der Waals surface area contributed by atoms with Gasteiger partial charge in [0.2, 0.25) is 0 Å². The highest BCUT2D eigenvalue weighted by Gasteiger charge is 2.50. The number of hydrogen-bond acceptors (Lipinski definition) is 9. The van der Waals surface area contributed by atoms with Gasteiger partial charge in [0.15, 0.2) is 0 Å². The van der Waals surface area contributed by atoms with E-state index in [1.54, 1.807) is 18.2 Å². The summed E-state index contributed by atoms with van der Waals surface area (Å²) < 4.78 is 16.1. The summed E-state index contributed by atoms with van der Waals surface area (Å²) in [7, 11) is 0. The van der Waals surface area contributed by atoms with Gasteiger partial charge in [0, 0.05) is 0 Å². The van der Waals surface area contributed by atoms with E-state index in [9.17, 15) is 29.7 Å². The fraction of sp³-hybridized carbons (Fsp3) is 0.364. The lowest BCUT2D eigenvalue weighted by Gasteiger charge is -2.21. The molecule has 3 aromatic carbocycles. The Morgan fingerprint density at radius 3 is 0.907 bits per heavy atom. The molecule has 0 saturated heterocycles.